The smallest absolute Gasteiger partial charge is 0.265 e. The number of carbonyl (C=O) groups excluding carboxylic acids is 2. The summed E-state index contributed by atoms with van der Waals surface area (Å²) < 4.78 is 5.47. The van der Waals surface area contributed by atoms with Gasteiger partial charge in [0.25, 0.3) is 5.91 Å². The molecular weight excluding hydrogens is 328 g/mol. The van der Waals surface area contributed by atoms with Gasteiger partial charge >= 0.3 is 0 Å². The van der Waals surface area contributed by atoms with Crippen LogP contribution in [0.2, 0.25) is 0 Å². The fraction of sp³-hybridized carbons (Fsp3) is 0.238. The predicted molar refractivity (Wildman–Crippen MR) is 103 cm³/mol. The van der Waals surface area contributed by atoms with E-state index in [1.165, 1.54) is 11.6 Å². The third-order valence-corrected chi connectivity index (χ3v) is 4.13. The third-order valence-electron chi connectivity index (χ3n) is 4.13. The summed E-state index contributed by atoms with van der Waals surface area (Å²) in [4.78, 5) is 26.0. The van der Waals surface area contributed by atoms with Crippen LogP contribution in [0, 0.1) is 6.92 Å². The number of carbonyl (C=O) groups is 2. The average Bonchev–Trinajstić information content (AvgIpc) is 2.60. The topological polar surface area (TPSA) is 58.6 Å². The summed E-state index contributed by atoms with van der Waals surface area (Å²) in [6.45, 7) is 5.95. The number of hydrogen-bond donors (Lipinski definition) is 1. The van der Waals surface area contributed by atoms with Gasteiger partial charge in [0.05, 0.1) is 5.69 Å². The number of hydrogen-bond acceptors (Lipinski definition) is 3. The van der Waals surface area contributed by atoms with Crippen LogP contribution in [0.5, 0.6) is 5.75 Å². The maximum absolute atomic E-state index is 12.2. The first-order valence-corrected chi connectivity index (χ1v) is 8.58. The summed E-state index contributed by atoms with van der Waals surface area (Å²) >= 11 is 0. The number of rotatable bonds is 4. The second-order valence-electron chi connectivity index (χ2n) is 6.56. The van der Waals surface area contributed by atoms with E-state index in [1.54, 1.807) is 29.2 Å². The van der Waals surface area contributed by atoms with Crippen molar-refractivity contribution in [1.82, 2.24) is 0 Å². The van der Waals surface area contributed by atoms with Gasteiger partial charge in [-0.05, 0) is 50.6 Å². The first kappa shape index (κ1) is 17.7. The third kappa shape index (κ3) is 3.94. The van der Waals surface area contributed by atoms with Gasteiger partial charge in [-0.15, -0.1) is 0 Å². The zero-order chi connectivity index (χ0) is 18.7. The maximum atomic E-state index is 12.2. The summed E-state index contributed by atoms with van der Waals surface area (Å²) in [7, 11) is 0. The molecule has 26 heavy (non-hydrogen) atoms. The van der Waals surface area contributed by atoms with Gasteiger partial charge in [-0.1, -0.05) is 29.8 Å². The van der Waals surface area contributed by atoms with E-state index in [4.69, 9.17) is 4.74 Å². The molecule has 1 aliphatic rings. The Hall–Kier alpha value is -3.08. The molecule has 0 bridgehead atoms. The van der Waals surface area contributed by atoms with E-state index in [0.29, 0.717) is 17.1 Å². The van der Waals surface area contributed by atoms with Crippen LogP contribution in [-0.4, -0.2) is 24.5 Å². The molecule has 0 spiro atoms. The van der Waals surface area contributed by atoms with Crippen LogP contribution in [0.4, 0.5) is 11.4 Å². The molecule has 0 atom stereocenters. The quantitative estimate of drug-likeness (QED) is 0.854. The molecule has 0 aliphatic carbocycles. The van der Waals surface area contributed by atoms with Crippen molar-refractivity contribution in [2.24, 2.45) is 0 Å². The largest absolute Gasteiger partial charge is 0.482 e. The number of amides is 2. The summed E-state index contributed by atoms with van der Waals surface area (Å²) in [6.07, 6.45) is 3.26. The molecule has 2 amide bonds. The lowest BCUT2D eigenvalue weighted by molar-refractivity contribution is -0.121. The van der Waals surface area contributed by atoms with E-state index in [0.717, 1.165) is 5.56 Å². The molecule has 5 nitrogen and oxygen atoms in total. The van der Waals surface area contributed by atoms with Gasteiger partial charge in [-0.2, -0.15) is 0 Å². The van der Waals surface area contributed by atoms with E-state index in [1.807, 2.05) is 45.0 Å². The number of fused-ring (bicyclic) bond motifs is 1. The summed E-state index contributed by atoms with van der Waals surface area (Å²) in [5.74, 6) is 0.325. The van der Waals surface area contributed by atoms with E-state index in [9.17, 15) is 9.59 Å². The summed E-state index contributed by atoms with van der Waals surface area (Å²) in [5, 5.41) is 2.83. The van der Waals surface area contributed by atoms with Crippen LogP contribution in [0.25, 0.3) is 6.08 Å². The Kier molecular flexibility index (Phi) is 5.07. The second-order valence-corrected chi connectivity index (χ2v) is 6.56. The molecule has 134 valence electrons. The van der Waals surface area contributed by atoms with Crippen molar-refractivity contribution in [2.45, 2.75) is 26.8 Å². The highest BCUT2D eigenvalue weighted by atomic mass is 16.5. The molecule has 0 fully saturated rings. The number of nitrogens with one attached hydrogen (secondary N) is 1. The molecule has 5 heteroatoms. The Bertz CT molecular complexity index is 854. The summed E-state index contributed by atoms with van der Waals surface area (Å²) in [6, 6.07) is 13.2. The van der Waals surface area contributed by atoms with Gasteiger partial charge in [0, 0.05) is 17.8 Å². The molecule has 0 radical (unpaired) electrons. The molecule has 1 heterocycles. The van der Waals surface area contributed by atoms with E-state index >= 15 is 0 Å². The number of benzene rings is 2. The lowest BCUT2D eigenvalue weighted by Gasteiger charge is -2.32. The number of anilines is 2. The molecule has 1 N–H and O–H groups in total. The van der Waals surface area contributed by atoms with Crippen molar-refractivity contribution in [3.05, 3.63) is 59.7 Å². The maximum Gasteiger partial charge on any atom is 0.265 e. The van der Waals surface area contributed by atoms with Crippen molar-refractivity contribution < 1.29 is 14.3 Å². The molecule has 0 saturated carbocycles. The van der Waals surface area contributed by atoms with Gasteiger partial charge in [0.1, 0.15) is 5.75 Å². The minimum absolute atomic E-state index is 0.0116. The van der Waals surface area contributed by atoms with Crippen molar-refractivity contribution in [3.63, 3.8) is 0 Å². The Morgan fingerprint density at radius 2 is 1.92 bits per heavy atom. The standard InChI is InChI=1S/C21H22N2O3/c1-14(2)23-18-12-17(9-10-19(18)26-13-21(23)25)22-20(24)11-8-16-6-4-15(3)5-7-16/h4-12,14H,13H2,1-3H3,(H,22,24)/b11-8+. The van der Waals surface area contributed by atoms with Crippen molar-refractivity contribution in [1.29, 1.82) is 0 Å². The molecule has 1 aliphatic heterocycles. The van der Waals surface area contributed by atoms with E-state index in [2.05, 4.69) is 5.32 Å². The normalized spacial score (nSPS) is 13.7. The van der Waals surface area contributed by atoms with Gasteiger partial charge in [-0.3, -0.25) is 9.59 Å². The molecule has 0 saturated heterocycles. The van der Waals surface area contributed by atoms with Crippen LogP contribution in [0.15, 0.2) is 48.5 Å². The minimum atomic E-state index is -0.232. The zero-order valence-corrected chi connectivity index (χ0v) is 15.2. The highest BCUT2D eigenvalue weighted by Crippen LogP contribution is 2.35. The number of nitrogens with zero attached hydrogens (tertiary/aromatic N) is 1. The van der Waals surface area contributed by atoms with Crippen molar-refractivity contribution in [2.75, 3.05) is 16.8 Å². The molecule has 0 unspecified atom stereocenters. The van der Waals surface area contributed by atoms with E-state index < -0.39 is 0 Å². The highest BCUT2D eigenvalue weighted by molar-refractivity contribution is 6.03. The monoisotopic (exact) mass is 350 g/mol. The van der Waals surface area contributed by atoms with Crippen LogP contribution in [0.3, 0.4) is 0 Å². The van der Waals surface area contributed by atoms with Gasteiger partial charge in [0.15, 0.2) is 6.61 Å². The first-order valence-electron chi connectivity index (χ1n) is 8.58. The van der Waals surface area contributed by atoms with Gasteiger partial charge in [0.2, 0.25) is 5.91 Å². The lowest BCUT2D eigenvalue weighted by atomic mass is 10.1. The fourth-order valence-electron chi connectivity index (χ4n) is 2.85. The van der Waals surface area contributed by atoms with Crippen LogP contribution in [-0.2, 0) is 9.59 Å². The second kappa shape index (κ2) is 7.44. The highest BCUT2D eigenvalue weighted by Gasteiger charge is 2.27. The average molecular weight is 350 g/mol. The number of aryl methyl sites for hydroxylation is 1. The number of ether oxygens (including phenoxy) is 1. The predicted octanol–water partition coefficient (Wildman–Crippen LogP) is 3.78. The fourth-order valence-corrected chi connectivity index (χ4v) is 2.85. The van der Waals surface area contributed by atoms with Crippen molar-refractivity contribution >= 4 is 29.3 Å². The Balaban J connectivity index is 1.75. The van der Waals surface area contributed by atoms with E-state index in [-0.39, 0.29) is 24.5 Å². The van der Waals surface area contributed by atoms with Gasteiger partial charge in [-0.25, -0.2) is 0 Å². The van der Waals surface area contributed by atoms with Crippen LogP contribution < -0.4 is 15.0 Å². The van der Waals surface area contributed by atoms with Gasteiger partial charge < -0.3 is 15.0 Å². The molecule has 0 aromatic heterocycles. The minimum Gasteiger partial charge on any atom is -0.482 e. The van der Waals surface area contributed by atoms with Crippen LogP contribution >= 0.6 is 0 Å². The molecule has 2 aromatic carbocycles. The Morgan fingerprint density at radius 1 is 1.19 bits per heavy atom. The SMILES string of the molecule is Cc1ccc(/C=C/C(=O)Nc2ccc3c(c2)N(C(C)C)C(=O)CO3)cc1. The first-order chi connectivity index (χ1) is 12.4. The zero-order valence-electron chi connectivity index (χ0n) is 15.2. The van der Waals surface area contributed by atoms with Crippen LogP contribution in [0.1, 0.15) is 25.0 Å². The molecule has 2 aromatic rings. The lowest BCUT2D eigenvalue weighted by Crippen LogP contribution is -2.43. The Labute approximate surface area is 153 Å². The summed E-state index contributed by atoms with van der Waals surface area (Å²) in [5.41, 5.74) is 3.43. The van der Waals surface area contributed by atoms with Crippen molar-refractivity contribution in [3.8, 4) is 5.75 Å². The molecule has 3 rings (SSSR count). The Morgan fingerprint density at radius 3 is 2.62 bits per heavy atom. The molecular formula is C21H22N2O3.